The molecule has 0 radical (unpaired) electrons. The van der Waals surface area contributed by atoms with Crippen LogP contribution in [0.1, 0.15) is 0 Å². The monoisotopic (exact) mass is 1910 g/mol. The van der Waals surface area contributed by atoms with Crippen molar-refractivity contribution >= 4 is 163 Å². The van der Waals surface area contributed by atoms with E-state index in [1.165, 1.54) is 54.7 Å². The second kappa shape index (κ2) is 37.1. The van der Waals surface area contributed by atoms with E-state index in [1.807, 2.05) is 109 Å². The molecule has 0 aliphatic rings. The standard InChI is InChI=1S/C50H30N4.C46H28N4.C41H25N5/c1-2-8-32(9-3-1)48-41-10-4-5-11-44(41)54-50-42(48)24-17-33-21-25-43(53-49(33)50)38-19-23-40-37(29-38)16-15-36-28-34(18-22-39(36)40)35-14-13-31-20-26-46(52-47(31)30-35)45-12-6-7-27-51-45;1-2-10-30(11-3-1)44-37-14-6-7-15-39(37)50-46-38(44)22-19-31-21-25-40(49-45(31)46)36-24-23-33(34-12-4-5-13-35(34)36)32-18-17-29-20-26-42(48-43(29)28-32)41-16-8-9-27-47-41;1-2-9-27(10-3-1)39-30-11-4-5-12-33(30)45-41-31(39)21-18-28-20-23-37(46-40(28)41)35-15-8-14-32(43-35)29-17-16-26-19-22-36(44-38(26)25-29)34-13-6-7-24-42-34/h1-30H;1-28H;1-25H. The summed E-state index contributed by atoms with van der Waals surface area (Å²) in [6.45, 7) is 0. The van der Waals surface area contributed by atoms with Crippen molar-refractivity contribution in [2.24, 2.45) is 0 Å². The molecular weight excluding hydrogens is 1830 g/mol. The lowest BCUT2D eigenvalue weighted by molar-refractivity contribution is 1.27. The first-order chi connectivity index (χ1) is 74.3. The van der Waals surface area contributed by atoms with E-state index in [0.717, 1.165) is 243 Å². The quantitative estimate of drug-likeness (QED) is 0.0838. The molecule has 13 heteroatoms. The van der Waals surface area contributed by atoms with Gasteiger partial charge in [-0.15, -0.1) is 0 Å². The Bertz CT molecular complexity index is 10700. The van der Waals surface area contributed by atoms with Crippen molar-refractivity contribution in [2.45, 2.75) is 0 Å². The van der Waals surface area contributed by atoms with Crippen molar-refractivity contribution in [3.63, 3.8) is 0 Å². The van der Waals surface area contributed by atoms with Crippen LogP contribution in [-0.4, -0.2) is 64.8 Å². The summed E-state index contributed by atoms with van der Waals surface area (Å²) in [5.74, 6) is 0. The van der Waals surface area contributed by atoms with E-state index in [-0.39, 0.29) is 0 Å². The molecule has 0 fully saturated rings. The van der Waals surface area contributed by atoms with Crippen LogP contribution >= 0.6 is 0 Å². The minimum absolute atomic E-state index is 0.800. The third-order valence-corrected chi connectivity index (χ3v) is 28.9. The molecule has 0 amide bonds. The summed E-state index contributed by atoms with van der Waals surface area (Å²) >= 11 is 0. The molecule has 0 saturated heterocycles. The first-order valence-electron chi connectivity index (χ1n) is 50.3. The van der Waals surface area contributed by atoms with Gasteiger partial charge < -0.3 is 0 Å². The molecule has 0 aliphatic heterocycles. The van der Waals surface area contributed by atoms with Gasteiger partial charge in [0.1, 0.15) is 0 Å². The van der Waals surface area contributed by atoms with E-state index in [2.05, 4.69) is 391 Å². The third kappa shape index (κ3) is 16.0. The molecule has 0 unspecified atom stereocenters. The van der Waals surface area contributed by atoms with Crippen molar-refractivity contribution < 1.29 is 0 Å². The predicted molar refractivity (Wildman–Crippen MR) is 618 cm³/mol. The van der Waals surface area contributed by atoms with Crippen LogP contribution in [0.4, 0.5) is 0 Å². The van der Waals surface area contributed by atoms with Crippen molar-refractivity contribution in [1.82, 2.24) is 64.8 Å². The summed E-state index contributed by atoms with van der Waals surface area (Å²) in [7, 11) is 0. The number of pyridine rings is 13. The fourth-order valence-corrected chi connectivity index (χ4v) is 21.6. The van der Waals surface area contributed by atoms with Gasteiger partial charge in [0.25, 0.3) is 0 Å². The molecule has 30 aromatic rings. The van der Waals surface area contributed by atoms with Crippen LogP contribution in [0.15, 0.2) is 504 Å². The number of fused-ring (bicyclic) bond motifs is 19. The second-order valence-corrected chi connectivity index (χ2v) is 37.8. The highest BCUT2D eigenvalue weighted by Gasteiger charge is 2.23. The molecule has 0 saturated carbocycles. The summed E-state index contributed by atoms with van der Waals surface area (Å²) in [4.78, 5) is 64.9. The molecule has 0 atom stereocenters. The number of para-hydroxylation sites is 3. The molecule has 17 aromatic carbocycles. The molecule has 30 rings (SSSR count). The van der Waals surface area contributed by atoms with Crippen LogP contribution in [0.25, 0.3) is 298 Å². The summed E-state index contributed by atoms with van der Waals surface area (Å²) in [5, 5.41) is 20.3. The maximum absolute atomic E-state index is 5.37. The van der Waals surface area contributed by atoms with Gasteiger partial charge in [-0.3, -0.25) is 15.0 Å². The molecule has 13 heterocycles. The van der Waals surface area contributed by atoms with Crippen LogP contribution in [-0.2, 0) is 0 Å². The Balaban J connectivity index is 0.000000108. The minimum atomic E-state index is 0.800. The first-order valence-corrected chi connectivity index (χ1v) is 50.3. The van der Waals surface area contributed by atoms with Gasteiger partial charge in [-0.25, -0.2) is 49.8 Å². The second-order valence-electron chi connectivity index (χ2n) is 37.8. The number of benzene rings is 17. The van der Waals surface area contributed by atoms with Crippen molar-refractivity contribution in [1.29, 1.82) is 0 Å². The van der Waals surface area contributed by atoms with Gasteiger partial charge in [0.15, 0.2) is 0 Å². The van der Waals surface area contributed by atoms with Gasteiger partial charge in [0.2, 0.25) is 0 Å². The smallest absolute Gasteiger partial charge is 0.0978 e. The summed E-state index contributed by atoms with van der Waals surface area (Å²) in [6.07, 6.45) is 5.40. The molecule has 0 aliphatic carbocycles. The molecule has 13 aromatic heterocycles. The highest BCUT2D eigenvalue weighted by atomic mass is 14.8. The van der Waals surface area contributed by atoms with Gasteiger partial charge in [0.05, 0.1) is 129 Å². The molecule has 0 spiro atoms. The highest BCUT2D eigenvalue weighted by Crippen LogP contribution is 2.46. The molecule has 696 valence electrons. The summed E-state index contributed by atoms with van der Waals surface area (Å²) in [6, 6.07) is 169. The number of hydrogen-bond donors (Lipinski definition) is 0. The van der Waals surface area contributed by atoms with E-state index in [0.29, 0.717) is 0 Å². The third-order valence-electron chi connectivity index (χ3n) is 28.9. The van der Waals surface area contributed by atoms with Gasteiger partial charge in [0, 0.05) is 117 Å². The molecule has 0 N–H and O–H groups in total. The largest absolute Gasteiger partial charge is 0.255 e. The number of hydrogen-bond acceptors (Lipinski definition) is 13. The Hall–Kier alpha value is -20.4. The van der Waals surface area contributed by atoms with E-state index in [1.54, 1.807) is 18.6 Å². The fraction of sp³-hybridized carbons (Fsp3) is 0. The van der Waals surface area contributed by atoms with E-state index in [9.17, 15) is 0 Å². The lowest BCUT2D eigenvalue weighted by atomic mass is 9.92. The Labute approximate surface area is 860 Å². The lowest BCUT2D eigenvalue weighted by Gasteiger charge is -2.15. The fourth-order valence-electron chi connectivity index (χ4n) is 21.6. The summed E-state index contributed by atoms with van der Waals surface area (Å²) in [5.41, 5.74) is 35.4. The van der Waals surface area contributed by atoms with Crippen LogP contribution in [0.5, 0.6) is 0 Å². The zero-order chi connectivity index (χ0) is 99.1. The Morgan fingerprint density at radius 2 is 0.400 bits per heavy atom. The maximum atomic E-state index is 5.37. The number of rotatable bonds is 12. The van der Waals surface area contributed by atoms with Crippen LogP contribution in [0.3, 0.4) is 0 Å². The SMILES string of the molecule is c1ccc(-c2c3ccccc3nc3c2ccc2ccc(-c4ccc(-c5ccc6ccc(-c7ccccn7)nc6c5)c5ccccc45)nc23)cc1.c1ccc(-c2c3ccccc3nc3c2ccc2ccc(-c4ccc5c(ccc6cc(-c7ccc8ccc(-c9ccccn9)nc8c7)ccc65)c4)nc23)cc1.c1ccc(-c2c3ccccc3nc3c2ccc2ccc(-c4cccc(-c5ccc6ccc(-c7ccccn7)nc6c5)n4)nc23)cc1. The van der Waals surface area contributed by atoms with Gasteiger partial charge in [-0.1, -0.05) is 352 Å². The number of aromatic nitrogens is 13. The average Bonchev–Trinajstić information content (AvgIpc) is 0.739. The predicted octanol–water partition coefficient (Wildman–Crippen LogP) is 34.5. The van der Waals surface area contributed by atoms with Gasteiger partial charge in [-0.2, -0.15) is 0 Å². The topological polar surface area (TPSA) is 168 Å². The van der Waals surface area contributed by atoms with E-state index in [4.69, 9.17) is 49.8 Å². The average molecular weight is 1910 g/mol. The molecule has 0 bridgehead atoms. The highest BCUT2D eigenvalue weighted by molar-refractivity contribution is 6.21. The first kappa shape index (κ1) is 87.4. The molecule has 13 nitrogen and oxygen atoms in total. The number of nitrogens with zero attached hydrogens (tertiary/aromatic N) is 13. The Morgan fingerprint density at radius 1 is 0.113 bits per heavy atom. The minimum Gasteiger partial charge on any atom is -0.255 e. The molecular formula is C137H83N13. The van der Waals surface area contributed by atoms with Crippen molar-refractivity contribution in [3.05, 3.63) is 504 Å². The van der Waals surface area contributed by atoms with Crippen LogP contribution in [0.2, 0.25) is 0 Å². The maximum Gasteiger partial charge on any atom is 0.0978 e. The van der Waals surface area contributed by atoms with Crippen LogP contribution < -0.4 is 0 Å². The Morgan fingerprint density at radius 3 is 0.867 bits per heavy atom. The van der Waals surface area contributed by atoms with Crippen LogP contribution in [0, 0.1) is 0 Å². The van der Waals surface area contributed by atoms with Crippen molar-refractivity contribution in [3.8, 4) is 135 Å². The molecule has 150 heavy (non-hydrogen) atoms. The van der Waals surface area contributed by atoms with Gasteiger partial charge >= 0.3 is 0 Å². The zero-order valence-corrected chi connectivity index (χ0v) is 80.7. The van der Waals surface area contributed by atoms with E-state index >= 15 is 0 Å². The zero-order valence-electron chi connectivity index (χ0n) is 80.7. The lowest BCUT2D eigenvalue weighted by Crippen LogP contribution is -1.94. The van der Waals surface area contributed by atoms with Gasteiger partial charge in [-0.05, 0) is 205 Å². The Kier molecular flexibility index (Phi) is 21.6. The van der Waals surface area contributed by atoms with E-state index < -0.39 is 0 Å². The summed E-state index contributed by atoms with van der Waals surface area (Å²) < 4.78 is 0. The van der Waals surface area contributed by atoms with Crippen molar-refractivity contribution in [2.75, 3.05) is 0 Å². The normalized spacial score (nSPS) is 11.6.